The van der Waals surface area contributed by atoms with E-state index in [2.05, 4.69) is 5.10 Å². The van der Waals surface area contributed by atoms with E-state index in [0.717, 1.165) is 48.5 Å². The minimum absolute atomic E-state index is 0.553. The van der Waals surface area contributed by atoms with Crippen LogP contribution in [0.5, 0.6) is 0 Å². The molecule has 3 nitrogen and oxygen atoms in total. The molecule has 4 heteroatoms. The number of aliphatic hydroxyl groups is 1. The van der Waals surface area contributed by atoms with Crippen LogP contribution in [0.15, 0.2) is 0 Å². The highest BCUT2D eigenvalue weighted by Crippen LogP contribution is 2.34. The average molecular weight is 243 g/mol. The van der Waals surface area contributed by atoms with Crippen LogP contribution in [0.2, 0.25) is 5.02 Å². The van der Waals surface area contributed by atoms with Crippen molar-refractivity contribution in [2.45, 2.75) is 51.0 Å². The Labute approximate surface area is 101 Å². The molecular weight excluding hydrogens is 224 g/mol. The van der Waals surface area contributed by atoms with Crippen LogP contribution in [0.25, 0.3) is 0 Å². The van der Waals surface area contributed by atoms with E-state index >= 15 is 0 Å². The number of aryl methyl sites for hydroxylation is 2. The third-order valence-corrected chi connectivity index (χ3v) is 3.97. The summed E-state index contributed by atoms with van der Waals surface area (Å²) in [7, 11) is 1.90. The standard InChI is InChI=1S/C12H19ClN2O/c1-3-9-11(13)10(15(2)14-9)8-12(16)6-4-5-7-12/h16H,3-8H2,1-2H3. The molecule has 1 aromatic rings. The third kappa shape index (κ3) is 2.11. The Morgan fingerprint density at radius 3 is 2.56 bits per heavy atom. The summed E-state index contributed by atoms with van der Waals surface area (Å²) in [6, 6.07) is 0. The summed E-state index contributed by atoms with van der Waals surface area (Å²) in [6.45, 7) is 2.04. The summed E-state index contributed by atoms with van der Waals surface area (Å²) in [6.07, 6.45) is 5.48. The van der Waals surface area contributed by atoms with Crippen LogP contribution in [0, 0.1) is 0 Å². The molecule has 0 aliphatic heterocycles. The molecule has 1 aliphatic rings. The summed E-state index contributed by atoms with van der Waals surface area (Å²) in [5.41, 5.74) is 1.35. The van der Waals surface area contributed by atoms with Gasteiger partial charge in [0.25, 0.3) is 0 Å². The predicted octanol–water partition coefficient (Wildman–Crippen LogP) is 2.48. The molecule has 1 aromatic heterocycles. The van der Waals surface area contributed by atoms with E-state index in [1.807, 2.05) is 18.7 Å². The van der Waals surface area contributed by atoms with Gasteiger partial charge in [0.1, 0.15) is 0 Å². The summed E-state index contributed by atoms with van der Waals surface area (Å²) < 4.78 is 1.82. The first-order valence-electron chi connectivity index (χ1n) is 5.98. The fraction of sp³-hybridized carbons (Fsp3) is 0.750. The SMILES string of the molecule is CCc1nn(C)c(CC2(O)CCCC2)c1Cl. The highest BCUT2D eigenvalue weighted by molar-refractivity contribution is 6.31. The molecule has 0 amide bonds. The number of hydrogen-bond donors (Lipinski definition) is 1. The Balaban J connectivity index is 2.23. The maximum atomic E-state index is 10.4. The molecule has 1 fully saturated rings. The van der Waals surface area contributed by atoms with E-state index < -0.39 is 5.60 Å². The number of nitrogens with zero attached hydrogens (tertiary/aromatic N) is 2. The van der Waals surface area contributed by atoms with Crippen LogP contribution in [-0.2, 0) is 19.9 Å². The highest BCUT2D eigenvalue weighted by Gasteiger charge is 2.33. The molecule has 1 N–H and O–H groups in total. The number of halogens is 1. The van der Waals surface area contributed by atoms with E-state index in [0.29, 0.717) is 6.42 Å². The first-order chi connectivity index (χ1) is 7.56. The Kier molecular flexibility index (Phi) is 3.27. The van der Waals surface area contributed by atoms with Crippen molar-refractivity contribution in [3.63, 3.8) is 0 Å². The second-order valence-electron chi connectivity index (χ2n) is 4.79. The Morgan fingerprint density at radius 1 is 1.44 bits per heavy atom. The lowest BCUT2D eigenvalue weighted by molar-refractivity contribution is 0.0463. The van der Waals surface area contributed by atoms with Crippen molar-refractivity contribution in [1.29, 1.82) is 0 Å². The van der Waals surface area contributed by atoms with E-state index in [4.69, 9.17) is 11.6 Å². The van der Waals surface area contributed by atoms with Gasteiger partial charge in [0.2, 0.25) is 0 Å². The Hall–Kier alpha value is -0.540. The number of aromatic nitrogens is 2. The van der Waals surface area contributed by atoms with E-state index in [1.54, 1.807) is 0 Å². The molecule has 1 saturated carbocycles. The maximum absolute atomic E-state index is 10.4. The van der Waals surface area contributed by atoms with Crippen LogP contribution in [0.3, 0.4) is 0 Å². The van der Waals surface area contributed by atoms with Crippen LogP contribution < -0.4 is 0 Å². The van der Waals surface area contributed by atoms with Crippen molar-refractivity contribution >= 4 is 11.6 Å². The first kappa shape index (κ1) is 11.9. The molecule has 1 heterocycles. The van der Waals surface area contributed by atoms with E-state index in [-0.39, 0.29) is 0 Å². The van der Waals surface area contributed by atoms with Crippen molar-refractivity contribution < 1.29 is 5.11 Å². The molecule has 90 valence electrons. The normalized spacial score (nSPS) is 19.2. The predicted molar refractivity (Wildman–Crippen MR) is 64.7 cm³/mol. The van der Waals surface area contributed by atoms with Crippen molar-refractivity contribution in [3.05, 3.63) is 16.4 Å². The summed E-state index contributed by atoms with van der Waals surface area (Å²) in [4.78, 5) is 0. The van der Waals surface area contributed by atoms with Gasteiger partial charge < -0.3 is 5.11 Å². The van der Waals surface area contributed by atoms with Gasteiger partial charge in [0, 0.05) is 13.5 Å². The number of rotatable bonds is 3. The van der Waals surface area contributed by atoms with Gasteiger partial charge in [0.05, 0.1) is 22.0 Å². The fourth-order valence-electron chi connectivity index (χ4n) is 2.53. The molecule has 1 aliphatic carbocycles. The smallest absolute Gasteiger partial charge is 0.0850 e. The largest absolute Gasteiger partial charge is 0.389 e. The van der Waals surface area contributed by atoms with Gasteiger partial charge in [-0.15, -0.1) is 0 Å². The fourth-order valence-corrected chi connectivity index (χ4v) is 2.89. The van der Waals surface area contributed by atoms with Gasteiger partial charge in [-0.2, -0.15) is 5.10 Å². The molecule has 0 radical (unpaired) electrons. The van der Waals surface area contributed by atoms with Crippen molar-refractivity contribution in [3.8, 4) is 0 Å². The van der Waals surface area contributed by atoms with Gasteiger partial charge in [-0.1, -0.05) is 31.4 Å². The Bertz CT molecular complexity index is 381. The zero-order valence-corrected chi connectivity index (χ0v) is 10.7. The van der Waals surface area contributed by atoms with Crippen molar-refractivity contribution in [2.75, 3.05) is 0 Å². The third-order valence-electron chi connectivity index (χ3n) is 3.53. The van der Waals surface area contributed by atoms with Crippen molar-refractivity contribution in [2.24, 2.45) is 7.05 Å². The monoisotopic (exact) mass is 242 g/mol. The molecule has 0 unspecified atom stereocenters. The molecule has 0 spiro atoms. The zero-order chi connectivity index (χ0) is 11.8. The molecular formula is C12H19ClN2O. The lowest BCUT2D eigenvalue weighted by atomic mass is 9.96. The van der Waals surface area contributed by atoms with Gasteiger partial charge in [0.15, 0.2) is 0 Å². The molecule has 0 atom stereocenters. The van der Waals surface area contributed by atoms with Crippen LogP contribution in [0.1, 0.15) is 44.0 Å². The van der Waals surface area contributed by atoms with Crippen LogP contribution >= 0.6 is 11.6 Å². The molecule has 0 bridgehead atoms. The van der Waals surface area contributed by atoms with Crippen molar-refractivity contribution in [1.82, 2.24) is 9.78 Å². The summed E-state index contributed by atoms with van der Waals surface area (Å²) in [5, 5.41) is 15.5. The van der Waals surface area contributed by atoms with Gasteiger partial charge >= 0.3 is 0 Å². The molecule has 2 rings (SSSR count). The molecule has 0 saturated heterocycles. The lowest BCUT2D eigenvalue weighted by Crippen LogP contribution is -2.28. The average Bonchev–Trinajstić information content (AvgIpc) is 2.78. The van der Waals surface area contributed by atoms with Gasteiger partial charge in [-0.3, -0.25) is 4.68 Å². The minimum atomic E-state index is -0.553. The molecule has 16 heavy (non-hydrogen) atoms. The Morgan fingerprint density at radius 2 is 2.06 bits per heavy atom. The topological polar surface area (TPSA) is 38.0 Å². The van der Waals surface area contributed by atoms with Gasteiger partial charge in [-0.25, -0.2) is 0 Å². The maximum Gasteiger partial charge on any atom is 0.0850 e. The zero-order valence-electron chi connectivity index (χ0n) is 9.96. The summed E-state index contributed by atoms with van der Waals surface area (Å²) >= 11 is 6.28. The first-order valence-corrected chi connectivity index (χ1v) is 6.36. The van der Waals surface area contributed by atoms with E-state index in [9.17, 15) is 5.11 Å². The molecule has 0 aromatic carbocycles. The van der Waals surface area contributed by atoms with Crippen LogP contribution in [0.4, 0.5) is 0 Å². The quantitative estimate of drug-likeness (QED) is 0.885. The van der Waals surface area contributed by atoms with Crippen LogP contribution in [-0.4, -0.2) is 20.5 Å². The number of hydrogen-bond acceptors (Lipinski definition) is 2. The second-order valence-corrected chi connectivity index (χ2v) is 5.17. The lowest BCUT2D eigenvalue weighted by Gasteiger charge is -2.22. The van der Waals surface area contributed by atoms with Gasteiger partial charge in [-0.05, 0) is 19.3 Å². The summed E-state index contributed by atoms with van der Waals surface area (Å²) in [5.74, 6) is 0. The highest BCUT2D eigenvalue weighted by atomic mass is 35.5. The second kappa shape index (κ2) is 4.38. The van der Waals surface area contributed by atoms with E-state index in [1.165, 1.54) is 0 Å². The minimum Gasteiger partial charge on any atom is -0.389 e.